The minimum absolute atomic E-state index is 0.0129. The van der Waals surface area contributed by atoms with Crippen LogP contribution in [0.1, 0.15) is 13.8 Å². The van der Waals surface area contributed by atoms with Crippen molar-refractivity contribution in [1.82, 2.24) is 0 Å². The molecule has 1 N–H and O–H groups in total. The van der Waals surface area contributed by atoms with Gasteiger partial charge in [0.25, 0.3) is 0 Å². The average Bonchev–Trinajstić information content (AvgIpc) is 1.85. The minimum atomic E-state index is -1.25. The molecule has 0 saturated carbocycles. The second-order valence-corrected chi connectivity index (χ2v) is 1.87. The minimum Gasteiger partial charge on any atom is -0.450 e. The van der Waals surface area contributed by atoms with Gasteiger partial charge in [-0.2, -0.15) is 0 Å². The third-order valence-electron chi connectivity index (χ3n) is 0.848. The number of ether oxygens (including phenoxy) is 1. The summed E-state index contributed by atoms with van der Waals surface area (Å²) >= 11 is 0. The normalized spacial score (nSPS) is 11.0. The molecule has 0 aromatic heterocycles. The van der Waals surface area contributed by atoms with Crippen LogP contribution in [-0.4, -0.2) is 17.9 Å². The van der Waals surface area contributed by atoms with Gasteiger partial charge in [0.15, 0.2) is 0 Å². The zero-order chi connectivity index (χ0) is 7.98. The Labute approximate surface area is 60.0 Å². The summed E-state index contributed by atoms with van der Waals surface area (Å²) in [6.07, 6.45) is -1.25. The molecule has 3 nitrogen and oxygen atoms in total. The first kappa shape index (κ1) is 8.83. The molecule has 0 aromatic rings. The van der Waals surface area contributed by atoms with Crippen molar-refractivity contribution in [2.24, 2.45) is 5.92 Å². The van der Waals surface area contributed by atoms with E-state index in [0.29, 0.717) is 0 Å². The molecule has 1 unspecified atom stereocenters. The predicted octanol–water partition coefficient (Wildman–Crippen LogP) is 1.34. The third kappa shape index (κ3) is 4.98. The van der Waals surface area contributed by atoms with Crippen LogP contribution in [0.3, 0.4) is 0 Å². The molecule has 3 heteroatoms. The standard InChI is InChI=1S/C7H10O3/c1-3-4-6(2)5-10-7(8)9/h6H,5H2,1-2H3,(H,8,9). The lowest BCUT2D eigenvalue weighted by atomic mass is 10.2. The Morgan fingerprint density at radius 2 is 2.40 bits per heavy atom. The Hall–Kier alpha value is -1.17. The van der Waals surface area contributed by atoms with Gasteiger partial charge in [0, 0.05) is 0 Å². The molecule has 0 fully saturated rings. The molecule has 1 atom stereocenters. The van der Waals surface area contributed by atoms with Gasteiger partial charge in [-0.05, 0) is 13.8 Å². The van der Waals surface area contributed by atoms with Gasteiger partial charge in [-0.15, -0.1) is 5.92 Å². The van der Waals surface area contributed by atoms with Crippen LogP contribution in [0.25, 0.3) is 0 Å². The predicted molar refractivity (Wildman–Crippen MR) is 36.6 cm³/mol. The maximum atomic E-state index is 9.84. The van der Waals surface area contributed by atoms with Crippen molar-refractivity contribution >= 4 is 6.16 Å². The van der Waals surface area contributed by atoms with Crippen LogP contribution in [0.15, 0.2) is 0 Å². The summed E-state index contributed by atoms with van der Waals surface area (Å²) < 4.78 is 4.27. The second-order valence-electron chi connectivity index (χ2n) is 1.87. The first-order valence-corrected chi connectivity index (χ1v) is 2.94. The summed E-state index contributed by atoms with van der Waals surface area (Å²) in [5.41, 5.74) is 0. The fourth-order valence-electron chi connectivity index (χ4n) is 0.484. The number of hydrogen-bond donors (Lipinski definition) is 1. The Morgan fingerprint density at radius 3 is 2.80 bits per heavy atom. The van der Waals surface area contributed by atoms with Crippen LogP contribution in [0.5, 0.6) is 0 Å². The van der Waals surface area contributed by atoms with Crippen LogP contribution in [0, 0.1) is 17.8 Å². The topological polar surface area (TPSA) is 46.5 Å². The van der Waals surface area contributed by atoms with Gasteiger partial charge in [-0.25, -0.2) is 4.79 Å². The molecule has 0 radical (unpaired) electrons. The van der Waals surface area contributed by atoms with E-state index in [2.05, 4.69) is 16.6 Å². The van der Waals surface area contributed by atoms with Gasteiger partial charge >= 0.3 is 6.16 Å². The maximum Gasteiger partial charge on any atom is 0.505 e. The third-order valence-corrected chi connectivity index (χ3v) is 0.848. The van der Waals surface area contributed by atoms with E-state index < -0.39 is 6.16 Å². The fraction of sp³-hybridized carbons (Fsp3) is 0.571. The van der Waals surface area contributed by atoms with Crippen molar-refractivity contribution in [3.05, 3.63) is 0 Å². The van der Waals surface area contributed by atoms with E-state index in [4.69, 9.17) is 5.11 Å². The summed E-state index contributed by atoms with van der Waals surface area (Å²) in [7, 11) is 0. The SMILES string of the molecule is CC#CC(C)COC(=O)O. The highest BCUT2D eigenvalue weighted by Crippen LogP contribution is 1.92. The molecule has 0 rings (SSSR count). The molecule has 0 heterocycles. The lowest BCUT2D eigenvalue weighted by Gasteiger charge is -2.00. The zero-order valence-electron chi connectivity index (χ0n) is 6.05. The number of carboxylic acid groups (broad SMARTS) is 1. The van der Waals surface area contributed by atoms with Gasteiger partial charge in [0.1, 0.15) is 6.61 Å². The van der Waals surface area contributed by atoms with Gasteiger partial charge in [0.05, 0.1) is 5.92 Å². The maximum absolute atomic E-state index is 9.84. The van der Waals surface area contributed by atoms with E-state index in [1.807, 2.05) is 0 Å². The molecule has 56 valence electrons. The monoisotopic (exact) mass is 142 g/mol. The zero-order valence-corrected chi connectivity index (χ0v) is 6.05. The van der Waals surface area contributed by atoms with Crippen LogP contribution in [-0.2, 0) is 4.74 Å². The largest absolute Gasteiger partial charge is 0.505 e. The molecule has 0 bridgehead atoms. The van der Waals surface area contributed by atoms with E-state index in [1.54, 1.807) is 13.8 Å². The molecule has 0 amide bonds. The fourth-order valence-corrected chi connectivity index (χ4v) is 0.484. The lowest BCUT2D eigenvalue weighted by molar-refractivity contribution is 0.0854. The number of rotatable bonds is 2. The molecule has 0 aromatic carbocycles. The van der Waals surface area contributed by atoms with Crippen molar-refractivity contribution in [2.75, 3.05) is 6.61 Å². The van der Waals surface area contributed by atoms with Crippen LogP contribution >= 0.6 is 0 Å². The van der Waals surface area contributed by atoms with E-state index in [-0.39, 0.29) is 12.5 Å². The van der Waals surface area contributed by atoms with Crippen molar-refractivity contribution < 1.29 is 14.6 Å². The smallest absolute Gasteiger partial charge is 0.450 e. The van der Waals surface area contributed by atoms with E-state index >= 15 is 0 Å². The van der Waals surface area contributed by atoms with E-state index in [9.17, 15) is 4.79 Å². The highest BCUT2D eigenvalue weighted by Gasteiger charge is 2.00. The molecule has 0 aliphatic rings. The first-order valence-electron chi connectivity index (χ1n) is 2.94. The van der Waals surface area contributed by atoms with Gasteiger partial charge in [-0.1, -0.05) is 5.92 Å². The van der Waals surface area contributed by atoms with E-state index in [1.165, 1.54) is 0 Å². The number of carbonyl (C=O) groups is 1. The van der Waals surface area contributed by atoms with Crippen molar-refractivity contribution in [3.63, 3.8) is 0 Å². The summed E-state index contributed by atoms with van der Waals surface area (Å²) in [4.78, 5) is 9.84. The van der Waals surface area contributed by atoms with Gasteiger partial charge < -0.3 is 9.84 Å². The molecule has 0 saturated heterocycles. The molecule has 10 heavy (non-hydrogen) atoms. The molecule has 0 aliphatic heterocycles. The quantitative estimate of drug-likeness (QED) is 0.467. The van der Waals surface area contributed by atoms with Crippen molar-refractivity contribution in [3.8, 4) is 11.8 Å². The van der Waals surface area contributed by atoms with Gasteiger partial charge in [0.2, 0.25) is 0 Å². The Kier molecular flexibility index (Phi) is 4.14. The van der Waals surface area contributed by atoms with Crippen molar-refractivity contribution in [2.45, 2.75) is 13.8 Å². The van der Waals surface area contributed by atoms with Crippen molar-refractivity contribution in [1.29, 1.82) is 0 Å². The van der Waals surface area contributed by atoms with Gasteiger partial charge in [-0.3, -0.25) is 0 Å². The summed E-state index contributed by atoms with van der Waals surface area (Å²) in [5, 5.41) is 8.06. The number of hydrogen-bond acceptors (Lipinski definition) is 2. The van der Waals surface area contributed by atoms with Crippen LogP contribution in [0.4, 0.5) is 4.79 Å². The molecular formula is C7H10O3. The molecular weight excluding hydrogens is 132 g/mol. The highest BCUT2D eigenvalue weighted by molar-refractivity contribution is 5.56. The van der Waals surface area contributed by atoms with Crippen LogP contribution < -0.4 is 0 Å². The summed E-state index contributed by atoms with van der Waals surface area (Å²) in [5.74, 6) is 5.42. The Morgan fingerprint density at radius 1 is 1.80 bits per heavy atom. The van der Waals surface area contributed by atoms with Crippen LogP contribution in [0.2, 0.25) is 0 Å². The summed E-state index contributed by atoms with van der Waals surface area (Å²) in [6, 6.07) is 0. The first-order chi connectivity index (χ1) is 4.66. The average molecular weight is 142 g/mol. The summed E-state index contributed by atoms with van der Waals surface area (Å²) in [6.45, 7) is 3.66. The molecule has 0 spiro atoms. The Bertz CT molecular complexity index is 163. The van der Waals surface area contributed by atoms with E-state index in [0.717, 1.165) is 0 Å². The lowest BCUT2D eigenvalue weighted by Crippen LogP contribution is -2.07. The molecule has 0 aliphatic carbocycles. The highest BCUT2D eigenvalue weighted by atomic mass is 16.7. The Balaban J connectivity index is 3.46. The second kappa shape index (κ2) is 4.68.